The molecule has 1 N–H and O–H groups in total. The van der Waals surface area contributed by atoms with Crippen LogP contribution in [-0.2, 0) is 19.1 Å². The van der Waals surface area contributed by atoms with Crippen LogP contribution in [0.25, 0.3) is 0 Å². The molecule has 358 valence electrons. The fourth-order valence-electron chi connectivity index (χ4n) is 6.92. The van der Waals surface area contributed by atoms with Gasteiger partial charge in [0.05, 0.1) is 6.61 Å². The third-order valence-electron chi connectivity index (χ3n) is 10.8. The molecule has 1 unspecified atom stereocenters. The maximum atomic E-state index is 12.3. The van der Waals surface area contributed by atoms with Crippen molar-refractivity contribution in [1.29, 1.82) is 0 Å². The zero-order valence-corrected chi connectivity index (χ0v) is 40.8. The highest BCUT2D eigenvalue weighted by Crippen LogP contribution is 2.14. The molecule has 0 bridgehead atoms. The summed E-state index contributed by atoms with van der Waals surface area (Å²) in [5.41, 5.74) is 0. The quantitative estimate of drug-likeness (QED) is 0.0375. The van der Waals surface area contributed by atoms with Crippen molar-refractivity contribution in [1.82, 2.24) is 0 Å². The van der Waals surface area contributed by atoms with Crippen LogP contribution in [0.2, 0.25) is 0 Å². The topological polar surface area (TPSA) is 72.8 Å². The van der Waals surface area contributed by atoms with Gasteiger partial charge in [0.1, 0.15) is 6.61 Å². The summed E-state index contributed by atoms with van der Waals surface area (Å²) in [7, 11) is 0. The van der Waals surface area contributed by atoms with Crippen molar-refractivity contribution >= 4 is 11.9 Å². The van der Waals surface area contributed by atoms with Crippen molar-refractivity contribution in [2.45, 2.75) is 232 Å². The van der Waals surface area contributed by atoms with E-state index in [0.717, 1.165) is 96.3 Å². The molecule has 0 heterocycles. The van der Waals surface area contributed by atoms with Crippen molar-refractivity contribution in [2.75, 3.05) is 13.2 Å². The lowest BCUT2D eigenvalue weighted by atomic mass is 10.0. The number of aliphatic hydroxyl groups excluding tert-OH is 1. The number of hydrogen-bond donors (Lipinski definition) is 1. The minimum absolute atomic E-state index is 0.0762. The molecule has 0 aromatic rings. The molecule has 0 aliphatic heterocycles. The minimum atomic E-state index is -0.783. The molecule has 0 rings (SSSR count). The molecule has 0 saturated heterocycles. The van der Waals surface area contributed by atoms with Crippen molar-refractivity contribution in [3.8, 4) is 0 Å². The van der Waals surface area contributed by atoms with Crippen molar-refractivity contribution in [2.24, 2.45) is 0 Å². The monoisotopic (exact) mass is 873 g/mol. The summed E-state index contributed by atoms with van der Waals surface area (Å²) in [6, 6.07) is 0. The Morgan fingerprint density at radius 3 is 1.05 bits per heavy atom. The van der Waals surface area contributed by atoms with E-state index >= 15 is 0 Å². The van der Waals surface area contributed by atoms with E-state index in [1.807, 2.05) is 0 Å². The first kappa shape index (κ1) is 59.6. The van der Waals surface area contributed by atoms with Gasteiger partial charge in [-0.3, -0.25) is 9.59 Å². The van der Waals surface area contributed by atoms with Gasteiger partial charge in [-0.1, -0.05) is 220 Å². The van der Waals surface area contributed by atoms with Gasteiger partial charge >= 0.3 is 11.9 Å². The van der Waals surface area contributed by atoms with E-state index in [1.54, 1.807) is 0 Å². The van der Waals surface area contributed by atoms with E-state index in [9.17, 15) is 14.7 Å². The van der Waals surface area contributed by atoms with Gasteiger partial charge in [0, 0.05) is 12.8 Å². The van der Waals surface area contributed by atoms with E-state index < -0.39 is 6.10 Å². The second kappa shape index (κ2) is 52.9. The van der Waals surface area contributed by atoms with Gasteiger partial charge in [-0.15, -0.1) is 0 Å². The zero-order valence-electron chi connectivity index (χ0n) is 40.8. The first-order chi connectivity index (χ1) is 31.1. The molecule has 0 saturated carbocycles. The first-order valence-corrected chi connectivity index (χ1v) is 25.9. The number of aliphatic hydroxyl groups is 1. The van der Waals surface area contributed by atoms with Crippen LogP contribution in [-0.4, -0.2) is 36.4 Å². The van der Waals surface area contributed by atoms with Crippen LogP contribution >= 0.6 is 0 Å². The predicted molar refractivity (Wildman–Crippen MR) is 274 cm³/mol. The van der Waals surface area contributed by atoms with E-state index in [1.165, 1.54) is 103 Å². The maximum Gasteiger partial charge on any atom is 0.306 e. The number of rotatable bonds is 46. The molecular formula is C58H96O5. The molecule has 0 amide bonds. The Morgan fingerprint density at radius 1 is 0.381 bits per heavy atom. The highest BCUT2D eigenvalue weighted by Gasteiger charge is 2.16. The first-order valence-electron chi connectivity index (χ1n) is 25.9. The summed E-state index contributed by atoms with van der Waals surface area (Å²) < 4.78 is 10.6. The molecule has 0 aliphatic rings. The smallest absolute Gasteiger partial charge is 0.306 e. The normalized spacial score (nSPS) is 13.1. The molecule has 0 radical (unpaired) electrons. The van der Waals surface area contributed by atoms with Crippen LogP contribution in [0, 0.1) is 0 Å². The molecule has 0 fully saturated rings. The largest absolute Gasteiger partial charge is 0.462 e. The fourth-order valence-corrected chi connectivity index (χ4v) is 6.92. The summed E-state index contributed by atoms with van der Waals surface area (Å²) in [6.45, 7) is 4.00. The number of carbonyl (C=O) groups is 2. The Balaban J connectivity index is 3.57. The molecule has 1 atom stereocenters. The van der Waals surface area contributed by atoms with Gasteiger partial charge < -0.3 is 14.6 Å². The Labute approximate surface area is 389 Å². The van der Waals surface area contributed by atoms with Gasteiger partial charge in [-0.05, 0) is 103 Å². The van der Waals surface area contributed by atoms with Gasteiger partial charge in [0.25, 0.3) is 0 Å². The lowest BCUT2D eigenvalue weighted by molar-refractivity contribution is -0.161. The van der Waals surface area contributed by atoms with E-state index in [4.69, 9.17) is 9.47 Å². The third kappa shape index (κ3) is 51.1. The number of ether oxygens (including phenoxy) is 2. The van der Waals surface area contributed by atoms with Crippen molar-refractivity contribution in [3.63, 3.8) is 0 Å². The summed E-state index contributed by atoms with van der Waals surface area (Å²) in [5, 5.41) is 9.61. The second-order valence-corrected chi connectivity index (χ2v) is 16.9. The van der Waals surface area contributed by atoms with Gasteiger partial charge in [-0.25, -0.2) is 0 Å². The fraction of sp³-hybridized carbons (Fsp3) is 0.655. The van der Waals surface area contributed by atoms with Crippen molar-refractivity contribution < 1.29 is 24.2 Å². The number of esters is 2. The van der Waals surface area contributed by atoms with Crippen LogP contribution < -0.4 is 0 Å². The second-order valence-electron chi connectivity index (χ2n) is 16.9. The van der Waals surface area contributed by atoms with E-state index in [0.29, 0.717) is 12.8 Å². The van der Waals surface area contributed by atoms with Gasteiger partial charge in [-0.2, -0.15) is 0 Å². The van der Waals surface area contributed by atoms with Crippen LogP contribution in [0.4, 0.5) is 0 Å². The van der Waals surface area contributed by atoms with Crippen LogP contribution in [0.15, 0.2) is 109 Å². The standard InChI is InChI=1S/C58H96O5/c1-3-5-7-9-11-13-15-17-19-20-21-22-23-24-25-26-27-28-29-30-31-32-33-34-35-36-37-38-39-41-43-45-47-49-51-53-58(61)63-56(54-59)55-62-57(60)52-50-48-46-44-42-40-18-16-14-12-10-8-6-4-2/h5,7,11,13,16-19,21-22,24-25,27-28,30-31,33-34,56,59H,3-4,6,8-10,12,14-15,20,23,26,29,32,35-55H2,1-2H3/b7-5-,13-11-,18-16-,19-17-,22-21-,25-24-,28-27-,31-30-,34-33-. The minimum Gasteiger partial charge on any atom is -0.462 e. The van der Waals surface area contributed by atoms with Crippen LogP contribution in [0.3, 0.4) is 0 Å². The summed E-state index contributed by atoms with van der Waals surface area (Å²) in [4.78, 5) is 24.4. The Hall–Kier alpha value is -3.44. The van der Waals surface area contributed by atoms with Gasteiger partial charge in [0.15, 0.2) is 6.10 Å². The van der Waals surface area contributed by atoms with E-state index in [2.05, 4.69) is 123 Å². The molecule has 0 aromatic heterocycles. The number of carbonyl (C=O) groups excluding carboxylic acids is 2. The molecule has 0 spiro atoms. The summed E-state index contributed by atoms with van der Waals surface area (Å²) in [6.07, 6.45) is 76.1. The SMILES string of the molecule is CC/C=C\C/C=C\C/C=C\C/C=C\C/C=C\C/C=C\C/C=C\C/C=C\CCCCCCCCCCCCC(=O)OC(CO)COC(=O)CCCCCCC/C=C\CCCCCCC. The molecule has 5 heteroatoms. The van der Waals surface area contributed by atoms with Crippen LogP contribution in [0.5, 0.6) is 0 Å². The Kier molecular flexibility index (Phi) is 50.0. The molecule has 0 aliphatic carbocycles. The van der Waals surface area contributed by atoms with E-state index in [-0.39, 0.29) is 25.2 Å². The zero-order chi connectivity index (χ0) is 45.6. The lowest BCUT2D eigenvalue weighted by Crippen LogP contribution is -2.28. The predicted octanol–water partition coefficient (Wildman–Crippen LogP) is 17.4. The number of allylic oxidation sites excluding steroid dienone is 18. The average molecular weight is 873 g/mol. The number of unbranched alkanes of at least 4 members (excludes halogenated alkanes) is 20. The Morgan fingerprint density at radius 2 is 0.683 bits per heavy atom. The summed E-state index contributed by atoms with van der Waals surface area (Å²) in [5.74, 6) is -0.610. The van der Waals surface area contributed by atoms with Crippen LogP contribution in [0.1, 0.15) is 226 Å². The summed E-state index contributed by atoms with van der Waals surface area (Å²) >= 11 is 0. The molecule has 5 nitrogen and oxygen atoms in total. The third-order valence-corrected chi connectivity index (χ3v) is 10.8. The Bertz CT molecular complexity index is 1260. The lowest BCUT2D eigenvalue weighted by Gasteiger charge is -2.15. The van der Waals surface area contributed by atoms with Crippen molar-refractivity contribution in [3.05, 3.63) is 109 Å². The van der Waals surface area contributed by atoms with Gasteiger partial charge in [0.2, 0.25) is 0 Å². The average Bonchev–Trinajstić information content (AvgIpc) is 3.29. The highest BCUT2D eigenvalue weighted by atomic mass is 16.6. The number of hydrogen-bond acceptors (Lipinski definition) is 5. The molecule has 63 heavy (non-hydrogen) atoms. The molecule has 0 aromatic carbocycles. The highest BCUT2D eigenvalue weighted by molar-refractivity contribution is 5.70. The maximum absolute atomic E-state index is 12.3. The molecular weight excluding hydrogens is 777 g/mol.